The molecule has 0 saturated carbocycles. The molecule has 3 aromatic carbocycles. The number of ether oxygens (including phenoxy) is 2. The molecule has 0 saturated heterocycles. The molecule has 0 heterocycles. The minimum atomic E-state index is -0.957. The molecule has 4 heteroatoms. The van der Waals surface area contributed by atoms with Gasteiger partial charge in [-0.25, -0.2) is 4.79 Å². The van der Waals surface area contributed by atoms with Gasteiger partial charge in [-0.15, -0.1) is 0 Å². The van der Waals surface area contributed by atoms with Crippen molar-refractivity contribution in [2.45, 2.75) is 19.0 Å². The third-order valence-electron chi connectivity index (χ3n) is 4.46. The largest absolute Gasteiger partial charge is 0.491 e. The molecule has 0 radical (unpaired) electrons. The van der Waals surface area contributed by atoms with Gasteiger partial charge in [0.25, 0.3) is 0 Å². The van der Waals surface area contributed by atoms with Crippen molar-refractivity contribution in [2.24, 2.45) is 0 Å². The summed E-state index contributed by atoms with van der Waals surface area (Å²) in [5.74, 6) is 0.364. The molecule has 0 aliphatic rings. The second-order valence-corrected chi connectivity index (χ2v) is 6.42. The Hall–Kier alpha value is -2.85. The summed E-state index contributed by atoms with van der Waals surface area (Å²) in [4.78, 5) is 12.4. The van der Waals surface area contributed by atoms with Crippen molar-refractivity contribution in [3.8, 4) is 5.75 Å². The predicted molar refractivity (Wildman–Crippen MR) is 103 cm³/mol. The van der Waals surface area contributed by atoms with Gasteiger partial charge >= 0.3 is 5.97 Å². The van der Waals surface area contributed by atoms with Crippen LogP contribution in [0, 0.1) is 0 Å². The summed E-state index contributed by atoms with van der Waals surface area (Å²) in [6, 6.07) is 23.8. The summed E-state index contributed by atoms with van der Waals surface area (Å²) in [5, 5.41) is 5.66. The molecule has 4 nitrogen and oxygen atoms in total. The highest BCUT2D eigenvalue weighted by Crippen LogP contribution is 2.20. The number of rotatable bonds is 7. The van der Waals surface area contributed by atoms with Gasteiger partial charge in [0.05, 0.1) is 7.11 Å². The Labute approximate surface area is 153 Å². The lowest BCUT2D eigenvalue weighted by Crippen LogP contribution is -2.54. The van der Waals surface area contributed by atoms with E-state index in [-0.39, 0.29) is 12.6 Å². The molecule has 26 heavy (non-hydrogen) atoms. The van der Waals surface area contributed by atoms with Gasteiger partial charge in [0, 0.05) is 6.54 Å². The van der Waals surface area contributed by atoms with E-state index in [4.69, 9.17) is 9.47 Å². The zero-order valence-corrected chi connectivity index (χ0v) is 15.1. The maximum Gasteiger partial charge on any atom is 0.329 e. The lowest BCUT2D eigenvalue weighted by atomic mass is 10.0. The number of nitrogens with one attached hydrogen (secondary N) is 1. The average Bonchev–Trinajstić information content (AvgIpc) is 2.71. The second-order valence-electron chi connectivity index (χ2n) is 6.42. The van der Waals surface area contributed by atoms with Gasteiger partial charge in [-0.1, -0.05) is 60.7 Å². The smallest absolute Gasteiger partial charge is 0.329 e. The fraction of sp³-hybridized carbons (Fsp3) is 0.227. The van der Waals surface area contributed by atoms with E-state index in [1.54, 1.807) is 6.92 Å². The Morgan fingerprint density at radius 2 is 1.65 bits per heavy atom. The standard InChI is InChI=1S/C22H23NO3/c1-22(21(24)25-2,16-26-19-12-4-3-5-13-19)23-15-18-11-8-10-17-9-6-7-14-20(17)18/h3-14,23H,15-16H2,1-2H3. The van der Waals surface area contributed by atoms with Crippen molar-refractivity contribution in [3.05, 3.63) is 78.4 Å². The van der Waals surface area contributed by atoms with E-state index in [0.29, 0.717) is 6.54 Å². The molecule has 0 bridgehead atoms. The number of carbonyl (C=O) groups excluding carboxylic acids is 1. The summed E-state index contributed by atoms with van der Waals surface area (Å²) in [7, 11) is 1.39. The van der Waals surface area contributed by atoms with E-state index < -0.39 is 5.54 Å². The Morgan fingerprint density at radius 3 is 2.42 bits per heavy atom. The number of benzene rings is 3. The topological polar surface area (TPSA) is 47.6 Å². The monoisotopic (exact) mass is 349 g/mol. The van der Waals surface area contributed by atoms with Crippen LogP contribution in [0.2, 0.25) is 0 Å². The molecule has 0 aromatic heterocycles. The van der Waals surface area contributed by atoms with Crippen LogP contribution in [0.15, 0.2) is 72.8 Å². The average molecular weight is 349 g/mol. The zero-order chi connectivity index (χ0) is 18.4. The number of esters is 1. The Kier molecular flexibility index (Phi) is 5.54. The van der Waals surface area contributed by atoms with E-state index in [9.17, 15) is 4.79 Å². The van der Waals surface area contributed by atoms with Gasteiger partial charge < -0.3 is 9.47 Å². The van der Waals surface area contributed by atoms with Crippen LogP contribution in [-0.4, -0.2) is 25.2 Å². The van der Waals surface area contributed by atoms with Gasteiger partial charge in [-0.05, 0) is 35.4 Å². The molecule has 3 aromatic rings. The highest BCUT2D eigenvalue weighted by molar-refractivity contribution is 5.86. The summed E-state index contributed by atoms with van der Waals surface area (Å²) in [6.45, 7) is 2.51. The van der Waals surface area contributed by atoms with E-state index in [1.807, 2.05) is 48.5 Å². The zero-order valence-electron chi connectivity index (χ0n) is 15.1. The van der Waals surface area contributed by atoms with E-state index in [2.05, 4.69) is 29.6 Å². The molecule has 134 valence electrons. The first-order valence-corrected chi connectivity index (χ1v) is 8.60. The summed E-state index contributed by atoms with van der Waals surface area (Å²) >= 11 is 0. The van der Waals surface area contributed by atoms with Crippen molar-refractivity contribution < 1.29 is 14.3 Å². The molecule has 3 rings (SSSR count). The first-order valence-electron chi connectivity index (χ1n) is 8.60. The molecule has 0 aliphatic carbocycles. The molecule has 1 atom stereocenters. The van der Waals surface area contributed by atoms with Crippen molar-refractivity contribution in [2.75, 3.05) is 13.7 Å². The van der Waals surface area contributed by atoms with E-state index in [0.717, 1.165) is 11.3 Å². The van der Waals surface area contributed by atoms with Crippen LogP contribution in [0.4, 0.5) is 0 Å². The third-order valence-corrected chi connectivity index (χ3v) is 4.46. The summed E-state index contributed by atoms with van der Waals surface area (Å²) in [6.07, 6.45) is 0. The molecule has 0 spiro atoms. The maximum atomic E-state index is 12.4. The van der Waals surface area contributed by atoms with Crippen molar-refractivity contribution >= 4 is 16.7 Å². The molecule has 0 amide bonds. The van der Waals surface area contributed by atoms with Gasteiger partial charge in [-0.2, -0.15) is 0 Å². The van der Waals surface area contributed by atoms with Gasteiger partial charge in [0.2, 0.25) is 0 Å². The van der Waals surface area contributed by atoms with Crippen LogP contribution in [0.3, 0.4) is 0 Å². The van der Waals surface area contributed by atoms with Crippen LogP contribution in [-0.2, 0) is 16.1 Å². The van der Waals surface area contributed by atoms with Crippen LogP contribution in [0.25, 0.3) is 10.8 Å². The van der Waals surface area contributed by atoms with Gasteiger partial charge in [0.15, 0.2) is 0 Å². The first kappa shape index (κ1) is 18.0. The number of methoxy groups -OCH3 is 1. The third kappa shape index (κ3) is 4.03. The predicted octanol–water partition coefficient (Wildman–Crippen LogP) is 3.94. The molecular formula is C22H23NO3. The number of hydrogen-bond donors (Lipinski definition) is 1. The van der Waals surface area contributed by atoms with Gasteiger partial charge in [0.1, 0.15) is 17.9 Å². The van der Waals surface area contributed by atoms with Crippen molar-refractivity contribution in [1.29, 1.82) is 0 Å². The summed E-state index contributed by atoms with van der Waals surface area (Å²) < 4.78 is 10.8. The first-order chi connectivity index (χ1) is 12.6. The Balaban J connectivity index is 1.76. The fourth-order valence-corrected chi connectivity index (χ4v) is 2.89. The minimum absolute atomic E-state index is 0.175. The SMILES string of the molecule is COC(=O)C(C)(COc1ccccc1)NCc1cccc2ccccc12. The van der Waals surface area contributed by atoms with Crippen molar-refractivity contribution in [3.63, 3.8) is 0 Å². The highest BCUT2D eigenvalue weighted by Gasteiger charge is 2.35. The minimum Gasteiger partial charge on any atom is -0.491 e. The van der Waals surface area contributed by atoms with Crippen LogP contribution in [0.5, 0.6) is 5.75 Å². The van der Waals surface area contributed by atoms with Gasteiger partial charge in [-0.3, -0.25) is 5.32 Å². The number of hydrogen-bond acceptors (Lipinski definition) is 4. The lowest BCUT2D eigenvalue weighted by molar-refractivity contribution is -0.149. The number of fused-ring (bicyclic) bond motifs is 1. The molecule has 1 N–H and O–H groups in total. The Morgan fingerprint density at radius 1 is 0.962 bits per heavy atom. The molecule has 0 fully saturated rings. The van der Waals surface area contributed by atoms with Crippen LogP contribution in [0.1, 0.15) is 12.5 Å². The lowest BCUT2D eigenvalue weighted by Gasteiger charge is -2.28. The van der Waals surface area contributed by atoms with Crippen LogP contribution < -0.4 is 10.1 Å². The van der Waals surface area contributed by atoms with E-state index in [1.165, 1.54) is 17.9 Å². The number of carbonyl (C=O) groups is 1. The van der Waals surface area contributed by atoms with Crippen LogP contribution >= 0.6 is 0 Å². The molecule has 1 unspecified atom stereocenters. The normalized spacial score (nSPS) is 13.2. The number of para-hydroxylation sites is 1. The van der Waals surface area contributed by atoms with Crippen molar-refractivity contribution in [1.82, 2.24) is 5.32 Å². The molecule has 0 aliphatic heterocycles. The molecular weight excluding hydrogens is 326 g/mol. The quantitative estimate of drug-likeness (QED) is 0.656. The van der Waals surface area contributed by atoms with E-state index >= 15 is 0 Å². The highest BCUT2D eigenvalue weighted by atomic mass is 16.5. The maximum absolute atomic E-state index is 12.4. The fourth-order valence-electron chi connectivity index (χ4n) is 2.89. The Bertz CT molecular complexity index is 873. The summed E-state index contributed by atoms with van der Waals surface area (Å²) in [5.41, 5.74) is 0.166. The second kappa shape index (κ2) is 8.02.